The second kappa shape index (κ2) is 6.68. The maximum atomic E-state index is 12.4. The van der Waals surface area contributed by atoms with Crippen molar-refractivity contribution in [3.8, 4) is 0 Å². The fourth-order valence-electron chi connectivity index (χ4n) is 2.51. The van der Waals surface area contributed by atoms with Crippen molar-refractivity contribution in [3.05, 3.63) is 18.0 Å². The van der Waals surface area contributed by atoms with Gasteiger partial charge in [0.2, 0.25) is 11.8 Å². The second-order valence-corrected chi connectivity index (χ2v) is 5.35. The van der Waals surface area contributed by atoms with Gasteiger partial charge in [-0.15, -0.1) is 0 Å². The van der Waals surface area contributed by atoms with Crippen molar-refractivity contribution in [2.24, 2.45) is 18.5 Å². The van der Waals surface area contributed by atoms with Gasteiger partial charge in [0.15, 0.2) is 0 Å². The average Bonchev–Trinajstić information content (AvgIpc) is 2.73. The fourth-order valence-corrected chi connectivity index (χ4v) is 2.51. The van der Waals surface area contributed by atoms with E-state index in [4.69, 9.17) is 11.5 Å². The van der Waals surface area contributed by atoms with Gasteiger partial charge in [0, 0.05) is 45.0 Å². The number of hydrogen-bond donors (Lipinski definition) is 2. The zero-order valence-corrected chi connectivity index (χ0v) is 12.2. The zero-order valence-electron chi connectivity index (χ0n) is 12.2. The Balaban J connectivity index is 1.95. The van der Waals surface area contributed by atoms with Gasteiger partial charge in [-0.25, -0.2) is 0 Å². The first-order chi connectivity index (χ1) is 9.97. The van der Waals surface area contributed by atoms with Crippen molar-refractivity contribution < 1.29 is 9.59 Å². The van der Waals surface area contributed by atoms with Gasteiger partial charge in [-0.1, -0.05) is 0 Å². The summed E-state index contributed by atoms with van der Waals surface area (Å²) < 4.78 is 1.62. The molecule has 4 N–H and O–H groups in total. The highest BCUT2D eigenvalue weighted by Gasteiger charge is 2.25. The topological polar surface area (TPSA) is 110 Å². The number of rotatable bonds is 4. The molecular formula is C13H22N6O2. The van der Waals surface area contributed by atoms with Crippen LogP contribution < -0.4 is 11.5 Å². The van der Waals surface area contributed by atoms with Crippen LogP contribution in [0.25, 0.3) is 0 Å². The Labute approximate surface area is 123 Å². The summed E-state index contributed by atoms with van der Waals surface area (Å²) in [6, 6.07) is -0.693. The number of hydrogen-bond acceptors (Lipinski definition) is 5. The number of amides is 2. The van der Waals surface area contributed by atoms with Crippen molar-refractivity contribution in [2.45, 2.75) is 12.5 Å². The van der Waals surface area contributed by atoms with Crippen molar-refractivity contribution >= 4 is 11.8 Å². The number of carbonyl (C=O) groups is 2. The minimum Gasteiger partial charge on any atom is -0.369 e. The molecule has 1 aromatic rings. The number of primary amides is 1. The highest BCUT2D eigenvalue weighted by Crippen LogP contribution is 2.14. The Hall–Kier alpha value is -1.93. The van der Waals surface area contributed by atoms with E-state index in [2.05, 4.69) is 5.10 Å². The Kier molecular flexibility index (Phi) is 4.92. The fraction of sp³-hybridized carbons (Fsp3) is 0.615. The third kappa shape index (κ3) is 4.02. The lowest BCUT2D eigenvalue weighted by Gasteiger charge is -2.24. The summed E-state index contributed by atoms with van der Waals surface area (Å²) in [7, 11) is 1.79. The SMILES string of the molecule is Cn1cc(C(N)C(=O)N2CCCN(CC(N)=O)CC2)cn1. The molecule has 0 saturated carbocycles. The Morgan fingerprint density at radius 2 is 2.10 bits per heavy atom. The molecule has 2 rings (SSSR count). The molecule has 1 aliphatic rings. The molecule has 8 heteroatoms. The summed E-state index contributed by atoms with van der Waals surface area (Å²) in [6.45, 7) is 2.82. The number of carbonyl (C=O) groups excluding carboxylic acids is 2. The zero-order chi connectivity index (χ0) is 15.4. The van der Waals surface area contributed by atoms with E-state index in [1.165, 1.54) is 0 Å². The van der Waals surface area contributed by atoms with E-state index in [9.17, 15) is 9.59 Å². The molecule has 0 spiro atoms. The van der Waals surface area contributed by atoms with E-state index in [-0.39, 0.29) is 18.4 Å². The molecule has 116 valence electrons. The highest BCUT2D eigenvalue weighted by atomic mass is 16.2. The van der Waals surface area contributed by atoms with Crippen LogP contribution in [0.15, 0.2) is 12.4 Å². The lowest BCUT2D eigenvalue weighted by Crippen LogP contribution is -2.41. The van der Waals surface area contributed by atoms with Gasteiger partial charge in [0.05, 0.1) is 12.7 Å². The molecular weight excluding hydrogens is 272 g/mol. The predicted octanol–water partition coefficient (Wildman–Crippen LogP) is -1.56. The molecule has 1 unspecified atom stereocenters. The van der Waals surface area contributed by atoms with Crippen molar-refractivity contribution in [1.29, 1.82) is 0 Å². The maximum Gasteiger partial charge on any atom is 0.244 e. The third-order valence-electron chi connectivity index (χ3n) is 3.63. The van der Waals surface area contributed by atoms with Crippen LogP contribution in [0.3, 0.4) is 0 Å². The molecule has 0 radical (unpaired) electrons. The van der Waals surface area contributed by atoms with Gasteiger partial charge in [0.25, 0.3) is 0 Å². The predicted molar refractivity (Wildman–Crippen MR) is 77.0 cm³/mol. The molecule has 0 aliphatic carbocycles. The lowest BCUT2D eigenvalue weighted by molar-refractivity contribution is -0.132. The third-order valence-corrected chi connectivity index (χ3v) is 3.63. The van der Waals surface area contributed by atoms with Gasteiger partial charge in [-0.3, -0.25) is 19.2 Å². The largest absolute Gasteiger partial charge is 0.369 e. The lowest BCUT2D eigenvalue weighted by atomic mass is 10.1. The molecule has 1 fully saturated rings. The first-order valence-electron chi connectivity index (χ1n) is 7.01. The van der Waals surface area contributed by atoms with Gasteiger partial charge in [0.1, 0.15) is 6.04 Å². The van der Waals surface area contributed by atoms with Crippen molar-refractivity contribution in [3.63, 3.8) is 0 Å². The first kappa shape index (κ1) is 15.5. The summed E-state index contributed by atoms with van der Waals surface area (Å²) in [5, 5.41) is 4.03. The van der Waals surface area contributed by atoms with Crippen LogP contribution in [-0.4, -0.2) is 64.1 Å². The Bertz CT molecular complexity index is 515. The highest BCUT2D eigenvalue weighted by molar-refractivity contribution is 5.83. The average molecular weight is 294 g/mol. The molecule has 1 atom stereocenters. The molecule has 0 aromatic carbocycles. The molecule has 2 heterocycles. The van der Waals surface area contributed by atoms with Crippen molar-refractivity contribution in [2.75, 3.05) is 32.7 Å². The van der Waals surface area contributed by atoms with Gasteiger partial charge >= 0.3 is 0 Å². The van der Waals surface area contributed by atoms with Gasteiger partial charge in [-0.2, -0.15) is 5.10 Å². The van der Waals surface area contributed by atoms with E-state index in [1.807, 2.05) is 4.90 Å². The molecule has 21 heavy (non-hydrogen) atoms. The van der Waals surface area contributed by atoms with E-state index in [1.54, 1.807) is 29.0 Å². The molecule has 1 aliphatic heterocycles. The van der Waals surface area contributed by atoms with Crippen LogP contribution in [0.5, 0.6) is 0 Å². The van der Waals surface area contributed by atoms with E-state index in [0.29, 0.717) is 25.2 Å². The van der Waals surface area contributed by atoms with Crippen LogP contribution in [-0.2, 0) is 16.6 Å². The van der Waals surface area contributed by atoms with Gasteiger partial charge in [-0.05, 0) is 6.42 Å². The number of aromatic nitrogens is 2. The van der Waals surface area contributed by atoms with Crippen LogP contribution >= 0.6 is 0 Å². The molecule has 2 amide bonds. The minimum absolute atomic E-state index is 0.107. The monoisotopic (exact) mass is 294 g/mol. The first-order valence-corrected chi connectivity index (χ1v) is 7.01. The molecule has 1 saturated heterocycles. The smallest absolute Gasteiger partial charge is 0.244 e. The molecule has 8 nitrogen and oxygen atoms in total. The summed E-state index contributed by atoms with van der Waals surface area (Å²) in [5.74, 6) is -0.453. The van der Waals surface area contributed by atoms with Crippen LogP contribution in [0.4, 0.5) is 0 Å². The van der Waals surface area contributed by atoms with E-state index in [0.717, 1.165) is 13.0 Å². The van der Waals surface area contributed by atoms with E-state index < -0.39 is 6.04 Å². The summed E-state index contributed by atoms with van der Waals surface area (Å²) >= 11 is 0. The minimum atomic E-state index is -0.693. The summed E-state index contributed by atoms with van der Waals surface area (Å²) in [6.07, 6.45) is 4.17. The van der Waals surface area contributed by atoms with Crippen LogP contribution in [0, 0.1) is 0 Å². The van der Waals surface area contributed by atoms with Crippen LogP contribution in [0.1, 0.15) is 18.0 Å². The Morgan fingerprint density at radius 1 is 1.33 bits per heavy atom. The Morgan fingerprint density at radius 3 is 2.71 bits per heavy atom. The number of nitrogens with two attached hydrogens (primary N) is 2. The second-order valence-electron chi connectivity index (χ2n) is 5.35. The summed E-state index contributed by atoms with van der Waals surface area (Å²) in [4.78, 5) is 27.1. The maximum absolute atomic E-state index is 12.4. The van der Waals surface area contributed by atoms with Gasteiger partial charge < -0.3 is 16.4 Å². The standard InChI is InChI=1S/C13H22N6O2/c1-17-8-10(7-16-17)12(15)13(21)19-4-2-3-18(5-6-19)9-11(14)20/h7-8,12H,2-6,9,15H2,1H3,(H2,14,20). The quantitative estimate of drug-likeness (QED) is 0.698. The number of aryl methyl sites for hydroxylation is 1. The molecule has 0 bridgehead atoms. The molecule has 1 aromatic heterocycles. The van der Waals surface area contributed by atoms with Crippen molar-refractivity contribution in [1.82, 2.24) is 19.6 Å². The van der Waals surface area contributed by atoms with Crippen LogP contribution in [0.2, 0.25) is 0 Å². The summed E-state index contributed by atoms with van der Waals surface area (Å²) in [5.41, 5.74) is 11.9. The normalized spacial score (nSPS) is 18.3. The van der Waals surface area contributed by atoms with E-state index >= 15 is 0 Å². The number of nitrogens with zero attached hydrogens (tertiary/aromatic N) is 4.